The summed E-state index contributed by atoms with van der Waals surface area (Å²) >= 11 is 5.76. The molecule has 1 fully saturated rings. The van der Waals surface area contributed by atoms with Gasteiger partial charge in [-0.05, 0) is 49.6 Å². The van der Waals surface area contributed by atoms with E-state index in [9.17, 15) is 8.42 Å². The molecule has 7 heteroatoms. The molecular weight excluding hydrogens is 286 g/mol. The average Bonchev–Trinajstić information content (AvgIpc) is 2.41. The molecule has 0 unspecified atom stereocenters. The van der Waals surface area contributed by atoms with E-state index in [4.69, 9.17) is 17.3 Å². The predicted octanol–water partition coefficient (Wildman–Crippen LogP) is 1.67. The maximum absolute atomic E-state index is 12.2. The molecule has 106 valence electrons. The van der Waals surface area contributed by atoms with Crippen molar-refractivity contribution >= 4 is 27.5 Å². The van der Waals surface area contributed by atoms with Crippen LogP contribution < -0.4 is 10.5 Å². The summed E-state index contributed by atoms with van der Waals surface area (Å²) in [6, 6.07) is 6.60. The molecule has 1 aliphatic rings. The van der Waals surface area contributed by atoms with Crippen LogP contribution in [0.15, 0.2) is 24.3 Å². The first-order chi connectivity index (χ1) is 9.01. The fourth-order valence-electron chi connectivity index (χ4n) is 2.12. The molecule has 5 nitrogen and oxygen atoms in total. The Bertz CT molecular complexity index is 510. The number of hydrogen-bond donors (Lipinski definition) is 2. The van der Waals surface area contributed by atoms with E-state index in [2.05, 4.69) is 4.72 Å². The zero-order valence-electron chi connectivity index (χ0n) is 10.5. The Morgan fingerprint density at radius 2 is 1.84 bits per heavy atom. The van der Waals surface area contributed by atoms with Crippen LogP contribution in [0.1, 0.15) is 12.8 Å². The maximum Gasteiger partial charge on any atom is 0.301 e. The van der Waals surface area contributed by atoms with E-state index < -0.39 is 10.2 Å². The Labute approximate surface area is 118 Å². The monoisotopic (exact) mass is 303 g/mol. The van der Waals surface area contributed by atoms with Gasteiger partial charge in [-0.2, -0.15) is 12.7 Å². The predicted molar refractivity (Wildman–Crippen MR) is 77.3 cm³/mol. The van der Waals surface area contributed by atoms with Gasteiger partial charge in [0, 0.05) is 23.8 Å². The Kier molecular flexibility index (Phi) is 4.67. The molecule has 2 rings (SSSR count). The van der Waals surface area contributed by atoms with Gasteiger partial charge in [0.2, 0.25) is 0 Å². The topological polar surface area (TPSA) is 75.4 Å². The zero-order chi connectivity index (χ0) is 13.9. The smallest absolute Gasteiger partial charge is 0.301 e. The molecule has 1 saturated heterocycles. The molecular formula is C12H18ClN3O2S. The molecule has 0 amide bonds. The molecule has 1 aromatic carbocycles. The van der Waals surface area contributed by atoms with E-state index in [1.807, 2.05) is 0 Å². The quantitative estimate of drug-likeness (QED) is 0.888. The summed E-state index contributed by atoms with van der Waals surface area (Å²) in [4.78, 5) is 0. The zero-order valence-corrected chi connectivity index (χ0v) is 12.1. The standard InChI is InChI=1S/C12H18ClN3O2S/c13-11-1-3-12(4-2-11)15-19(17,18)16-7-5-10(9-14)6-8-16/h1-4,10,15H,5-9,14H2. The van der Waals surface area contributed by atoms with Crippen molar-refractivity contribution in [3.63, 3.8) is 0 Å². The Morgan fingerprint density at radius 1 is 1.26 bits per heavy atom. The van der Waals surface area contributed by atoms with Crippen LogP contribution in [-0.2, 0) is 10.2 Å². The number of nitrogens with two attached hydrogens (primary N) is 1. The first-order valence-corrected chi connectivity index (χ1v) is 8.06. The van der Waals surface area contributed by atoms with Crippen molar-refractivity contribution in [3.8, 4) is 0 Å². The Balaban J connectivity index is 2.01. The summed E-state index contributed by atoms with van der Waals surface area (Å²) < 4.78 is 28.4. The summed E-state index contributed by atoms with van der Waals surface area (Å²) in [5.41, 5.74) is 6.12. The van der Waals surface area contributed by atoms with E-state index in [1.165, 1.54) is 4.31 Å². The molecule has 0 saturated carbocycles. The number of piperidine rings is 1. The van der Waals surface area contributed by atoms with E-state index in [0.29, 0.717) is 36.3 Å². The summed E-state index contributed by atoms with van der Waals surface area (Å²) in [6.45, 7) is 1.66. The molecule has 19 heavy (non-hydrogen) atoms. The van der Waals surface area contributed by atoms with Gasteiger partial charge in [0.05, 0.1) is 0 Å². The lowest BCUT2D eigenvalue weighted by Crippen LogP contribution is -2.42. The average molecular weight is 304 g/mol. The van der Waals surface area contributed by atoms with Crippen LogP contribution in [0.2, 0.25) is 5.02 Å². The lowest BCUT2D eigenvalue weighted by Gasteiger charge is -2.30. The fourth-order valence-corrected chi connectivity index (χ4v) is 3.50. The van der Waals surface area contributed by atoms with E-state index in [-0.39, 0.29) is 0 Å². The minimum Gasteiger partial charge on any atom is -0.330 e. The van der Waals surface area contributed by atoms with Crippen LogP contribution in [0.3, 0.4) is 0 Å². The van der Waals surface area contributed by atoms with E-state index in [1.54, 1.807) is 24.3 Å². The van der Waals surface area contributed by atoms with Crippen molar-refractivity contribution in [3.05, 3.63) is 29.3 Å². The highest BCUT2D eigenvalue weighted by Gasteiger charge is 2.27. The molecule has 1 heterocycles. The second kappa shape index (κ2) is 6.09. The van der Waals surface area contributed by atoms with Crippen LogP contribution >= 0.6 is 11.6 Å². The van der Waals surface area contributed by atoms with Gasteiger partial charge in [-0.25, -0.2) is 0 Å². The van der Waals surface area contributed by atoms with E-state index in [0.717, 1.165) is 12.8 Å². The maximum atomic E-state index is 12.2. The minimum atomic E-state index is -3.48. The van der Waals surface area contributed by atoms with Gasteiger partial charge >= 0.3 is 10.2 Å². The first-order valence-electron chi connectivity index (χ1n) is 6.25. The van der Waals surface area contributed by atoms with Crippen LogP contribution in [0, 0.1) is 5.92 Å². The van der Waals surface area contributed by atoms with Gasteiger partial charge in [-0.1, -0.05) is 11.6 Å². The van der Waals surface area contributed by atoms with Crippen molar-refractivity contribution in [1.82, 2.24) is 4.31 Å². The van der Waals surface area contributed by atoms with Crippen LogP contribution in [0.25, 0.3) is 0 Å². The third-order valence-corrected chi connectivity index (χ3v) is 5.13. The molecule has 0 atom stereocenters. The first kappa shape index (κ1) is 14.6. The Morgan fingerprint density at radius 3 is 2.37 bits per heavy atom. The van der Waals surface area contributed by atoms with Crippen LogP contribution in [0.5, 0.6) is 0 Å². The summed E-state index contributed by atoms with van der Waals surface area (Å²) in [5.74, 6) is 0.432. The van der Waals surface area contributed by atoms with Crippen molar-refractivity contribution in [2.75, 3.05) is 24.4 Å². The van der Waals surface area contributed by atoms with Crippen molar-refractivity contribution in [1.29, 1.82) is 0 Å². The van der Waals surface area contributed by atoms with Gasteiger partial charge in [0.15, 0.2) is 0 Å². The van der Waals surface area contributed by atoms with Gasteiger partial charge in [0.25, 0.3) is 0 Å². The van der Waals surface area contributed by atoms with Crippen molar-refractivity contribution < 1.29 is 8.42 Å². The molecule has 0 spiro atoms. The SMILES string of the molecule is NCC1CCN(S(=O)(=O)Nc2ccc(Cl)cc2)CC1. The highest BCUT2D eigenvalue weighted by Crippen LogP contribution is 2.21. The van der Waals surface area contributed by atoms with Gasteiger partial charge in [-0.3, -0.25) is 4.72 Å². The molecule has 0 bridgehead atoms. The van der Waals surface area contributed by atoms with E-state index >= 15 is 0 Å². The fraction of sp³-hybridized carbons (Fsp3) is 0.500. The lowest BCUT2D eigenvalue weighted by atomic mass is 9.99. The van der Waals surface area contributed by atoms with Gasteiger partial charge in [-0.15, -0.1) is 0 Å². The Hall–Kier alpha value is -0.820. The number of rotatable bonds is 4. The number of nitrogens with zero attached hydrogens (tertiary/aromatic N) is 1. The number of benzene rings is 1. The number of nitrogens with one attached hydrogen (secondary N) is 1. The molecule has 0 aliphatic carbocycles. The highest BCUT2D eigenvalue weighted by atomic mass is 35.5. The normalized spacial score (nSPS) is 18.4. The summed E-state index contributed by atoms with van der Waals surface area (Å²) in [5, 5.41) is 0.576. The largest absolute Gasteiger partial charge is 0.330 e. The third-order valence-electron chi connectivity index (χ3n) is 3.34. The van der Waals surface area contributed by atoms with Gasteiger partial charge in [0.1, 0.15) is 0 Å². The molecule has 0 aromatic heterocycles. The molecule has 1 aromatic rings. The summed E-state index contributed by atoms with van der Waals surface area (Å²) in [7, 11) is -3.48. The van der Waals surface area contributed by atoms with Crippen molar-refractivity contribution in [2.45, 2.75) is 12.8 Å². The number of anilines is 1. The lowest BCUT2D eigenvalue weighted by molar-refractivity contribution is 0.280. The third kappa shape index (κ3) is 3.82. The summed E-state index contributed by atoms with van der Waals surface area (Å²) in [6.07, 6.45) is 1.63. The molecule has 3 N–H and O–H groups in total. The van der Waals surface area contributed by atoms with Crippen LogP contribution in [-0.4, -0.2) is 32.4 Å². The number of hydrogen-bond acceptors (Lipinski definition) is 3. The van der Waals surface area contributed by atoms with Crippen LogP contribution in [0.4, 0.5) is 5.69 Å². The van der Waals surface area contributed by atoms with Crippen molar-refractivity contribution in [2.24, 2.45) is 11.7 Å². The molecule has 1 aliphatic heterocycles. The number of halogens is 1. The van der Waals surface area contributed by atoms with Gasteiger partial charge < -0.3 is 5.73 Å². The molecule has 0 radical (unpaired) electrons. The highest BCUT2D eigenvalue weighted by molar-refractivity contribution is 7.90. The second-order valence-corrected chi connectivity index (χ2v) is 6.80. The second-order valence-electron chi connectivity index (χ2n) is 4.69. The minimum absolute atomic E-state index is 0.432.